The van der Waals surface area contributed by atoms with Gasteiger partial charge in [-0.25, -0.2) is 4.79 Å². The molecule has 1 saturated carbocycles. The van der Waals surface area contributed by atoms with Gasteiger partial charge in [0.2, 0.25) is 0 Å². The second-order valence-electron chi connectivity index (χ2n) is 10.1. The van der Waals surface area contributed by atoms with Crippen LogP contribution in [0.4, 0.5) is 4.79 Å². The number of aliphatic hydroxyl groups excluding tert-OH is 1. The fourth-order valence-electron chi connectivity index (χ4n) is 4.27. The van der Waals surface area contributed by atoms with Crippen molar-refractivity contribution < 1.29 is 14.6 Å². The van der Waals surface area contributed by atoms with Crippen molar-refractivity contribution in [3.05, 3.63) is 35.9 Å². The zero-order valence-corrected chi connectivity index (χ0v) is 18.1. The van der Waals surface area contributed by atoms with Gasteiger partial charge in [0, 0.05) is 24.4 Å². The number of carbonyl (C=O) groups excluding carboxylic acids is 1. The second-order valence-corrected chi connectivity index (χ2v) is 10.1. The molecule has 0 saturated heterocycles. The molecule has 1 aromatic rings. The number of amides is 1. The molecule has 0 unspecified atom stereocenters. The van der Waals surface area contributed by atoms with Gasteiger partial charge in [-0.3, -0.25) is 0 Å². The number of primary amides is 1. The maximum atomic E-state index is 11.8. The van der Waals surface area contributed by atoms with E-state index in [4.69, 9.17) is 10.5 Å². The number of carbonyl (C=O) groups is 1. The lowest BCUT2D eigenvalue weighted by atomic mass is 9.69. The molecule has 0 bridgehead atoms. The van der Waals surface area contributed by atoms with Crippen molar-refractivity contribution in [2.75, 3.05) is 6.54 Å². The van der Waals surface area contributed by atoms with Crippen LogP contribution in [0.3, 0.4) is 0 Å². The number of rotatable bonds is 7. The lowest BCUT2D eigenvalue weighted by molar-refractivity contribution is -0.141. The van der Waals surface area contributed by atoms with Gasteiger partial charge in [0.05, 0.1) is 0 Å². The number of hydrogen-bond donors (Lipinski definition) is 3. The summed E-state index contributed by atoms with van der Waals surface area (Å²) in [5.41, 5.74) is 5.21. The summed E-state index contributed by atoms with van der Waals surface area (Å²) in [6.45, 7) is 10.9. The molecule has 1 amide bonds. The number of hydrogen-bond acceptors (Lipinski definition) is 4. The molecule has 1 fully saturated rings. The Labute approximate surface area is 170 Å². The number of aliphatic hydroxyl groups is 1. The molecule has 28 heavy (non-hydrogen) atoms. The smallest absolute Gasteiger partial charge is 0.405 e. The van der Waals surface area contributed by atoms with E-state index in [1.165, 1.54) is 12.8 Å². The van der Waals surface area contributed by atoms with Crippen LogP contribution in [0.1, 0.15) is 65.9 Å². The van der Waals surface area contributed by atoms with E-state index in [1.807, 2.05) is 51.1 Å². The first-order valence-corrected chi connectivity index (χ1v) is 10.4. The Morgan fingerprint density at radius 2 is 1.82 bits per heavy atom. The maximum Gasteiger partial charge on any atom is 0.405 e. The van der Waals surface area contributed by atoms with Crippen LogP contribution in [0, 0.1) is 10.8 Å². The first kappa shape index (κ1) is 22.7. The quantitative estimate of drug-likeness (QED) is 0.656. The van der Waals surface area contributed by atoms with Gasteiger partial charge < -0.3 is 20.9 Å². The highest BCUT2D eigenvalue weighted by Gasteiger charge is 2.51. The molecular weight excluding hydrogens is 352 g/mol. The third-order valence-corrected chi connectivity index (χ3v) is 6.34. The Bertz CT molecular complexity index is 629. The number of nitrogens with two attached hydrogens (primary N) is 1. The second kappa shape index (κ2) is 8.83. The third-order valence-electron chi connectivity index (χ3n) is 6.34. The zero-order valence-electron chi connectivity index (χ0n) is 18.1. The molecule has 2 atom stereocenters. The van der Waals surface area contributed by atoms with Crippen LogP contribution < -0.4 is 11.1 Å². The maximum absolute atomic E-state index is 11.8. The van der Waals surface area contributed by atoms with E-state index >= 15 is 0 Å². The average Bonchev–Trinajstić information content (AvgIpc) is 2.59. The highest BCUT2D eigenvalue weighted by Crippen LogP contribution is 2.40. The van der Waals surface area contributed by atoms with Gasteiger partial charge >= 0.3 is 6.09 Å². The van der Waals surface area contributed by atoms with Gasteiger partial charge in [0.1, 0.15) is 11.7 Å². The fourth-order valence-corrected chi connectivity index (χ4v) is 4.27. The minimum atomic E-state index is -1.12. The Hall–Kier alpha value is -1.59. The number of ether oxygens (including phenoxy) is 1. The SMILES string of the molecule is CC1(C)CCC(NC[C@@H](O)[C@@](Cc2ccccc2)(OC(N)=O)C(C)(C)C)CC1. The Morgan fingerprint density at radius 3 is 2.32 bits per heavy atom. The molecule has 158 valence electrons. The molecule has 0 aromatic heterocycles. The predicted molar refractivity (Wildman–Crippen MR) is 113 cm³/mol. The van der Waals surface area contributed by atoms with Gasteiger partial charge in [-0.2, -0.15) is 0 Å². The summed E-state index contributed by atoms with van der Waals surface area (Å²) in [7, 11) is 0. The third kappa shape index (κ3) is 5.71. The van der Waals surface area contributed by atoms with Crippen LogP contribution in [-0.2, 0) is 11.2 Å². The monoisotopic (exact) mass is 390 g/mol. The van der Waals surface area contributed by atoms with Crippen molar-refractivity contribution in [3.8, 4) is 0 Å². The van der Waals surface area contributed by atoms with E-state index in [0.717, 1.165) is 18.4 Å². The van der Waals surface area contributed by atoms with E-state index in [0.29, 0.717) is 24.4 Å². The largest absolute Gasteiger partial charge is 0.439 e. The first-order valence-electron chi connectivity index (χ1n) is 10.4. The fraction of sp³-hybridized carbons (Fsp3) is 0.696. The molecular formula is C23H38N2O3. The van der Waals surface area contributed by atoms with Crippen LogP contribution in [0.15, 0.2) is 30.3 Å². The molecule has 1 aliphatic carbocycles. The van der Waals surface area contributed by atoms with E-state index in [-0.39, 0.29) is 0 Å². The topological polar surface area (TPSA) is 84.6 Å². The summed E-state index contributed by atoms with van der Waals surface area (Å²) < 4.78 is 5.69. The summed E-state index contributed by atoms with van der Waals surface area (Å²) in [5, 5.41) is 14.8. The lowest BCUT2D eigenvalue weighted by Crippen LogP contribution is -2.61. The summed E-state index contributed by atoms with van der Waals surface area (Å²) in [5.74, 6) is 0. The van der Waals surface area contributed by atoms with E-state index in [1.54, 1.807) is 0 Å². The van der Waals surface area contributed by atoms with Crippen LogP contribution in [0.25, 0.3) is 0 Å². The normalized spacial score (nSPS) is 20.9. The van der Waals surface area contributed by atoms with Crippen LogP contribution >= 0.6 is 0 Å². The van der Waals surface area contributed by atoms with E-state index < -0.39 is 23.2 Å². The predicted octanol–water partition coefficient (Wildman–Crippen LogP) is 4.03. The highest BCUT2D eigenvalue weighted by atomic mass is 16.6. The van der Waals surface area contributed by atoms with Crippen molar-refractivity contribution >= 4 is 6.09 Å². The van der Waals surface area contributed by atoms with Crippen LogP contribution in [0.2, 0.25) is 0 Å². The number of nitrogens with one attached hydrogen (secondary N) is 1. The van der Waals surface area contributed by atoms with Gasteiger partial charge in [-0.05, 0) is 36.7 Å². The minimum Gasteiger partial charge on any atom is -0.439 e. The van der Waals surface area contributed by atoms with Crippen molar-refractivity contribution in [3.63, 3.8) is 0 Å². The summed E-state index contributed by atoms with van der Waals surface area (Å²) in [6.07, 6.45) is 3.20. The summed E-state index contributed by atoms with van der Waals surface area (Å²) in [6, 6.07) is 10.2. The summed E-state index contributed by atoms with van der Waals surface area (Å²) in [4.78, 5) is 11.8. The molecule has 0 aliphatic heterocycles. The minimum absolute atomic E-state index is 0.364. The van der Waals surface area contributed by atoms with Crippen molar-refractivity contribution in [1.82, 2.24) is 5.32 Å². The molecule has 1 aromatic carbocycles. The van der Waals surface area contributed by atoms with Gasteiger partial charge in [0.15, 0.2) is 0 Å². The molecule has 2 rings (SSSR count). The van der Waals surface area contributed by atoms with Gasteiger partial charge in [-0.1, -0.05) is 65.0 Å². The average molecular weight is 391 g/mol. The lowest BCUT2D eigenvalue weighted by Gasteiger charge is -2.47. The molecule has 0 spiro atoms. The Morgan fingerprint density at radius 1 is 1.25 bits per heavy atom. The summed E-state index contributed by atoms with van der Waals surface area (Å²) >= 11 is 0. The molecule has 4 N–H and O–H groups in total. The van der Waals surface area contributed by atoms with Crippen LogP contribution in [-0.4, -0.2) is 35.5 Å². The van der Waals surface area contributed by atoms with Gasteiger partial charge in [-0.15, -0.1) is 0 Å². The zero-order chi connectivity index (χ0) is 21.0. The standard InChI is InChI=1S/C23H38N2O3/c1-21(2,3)23(28-20(24)27,15-17-9-7-6-8-10-17)19(26)16-25-18-11-13-22(4,5)14-12-18/h6-10,18-19,25-26H,11-16H2,1-5H3,(H2,24,27)/t19-,23-/m1/s1. The van der Waals surface area contributed by atoms with E-state index in [2.05, 4.69) is 19.2 Å². The molecule has 0 heterocycles. The van der Waals surface area contributed by atoms with E-state index in [9.17, 15) is 9.90 Å². The molecule has 5 nitrogen and oxygen atoms in total. The van der Waals surface area contributed by atoms with Crippen LogP contribution in [0.5, 0.6) is 0 Å². The Balaban J connectivity index is 2.18. The van der Waals surface area contributed by atoms with Crippen molar-refractivity contribution in [2.24, 2.45) is 16.6 Å². The molecule has 1 aliphatic rings. The highest BCUT2D eigenvalue weighted by molar-refractivity contribution is 5.65. The molecule has 5 heteroatoms. The van der Waals surface area contributed by atoms with Crippen molar-refractivity contribution in [1.29, 1.82) is 0 Å². The Kier molecular flexibility index (Phi) is 7.16. The van der Waals surface area contributed by atoms with Crippen molar-refractivity contribution in [2.45, 2.75) is 84.5 Å². The number of benzene rings is 1. The van der Waals surface area contributed by atoms with Gasteiger partial charge in [0.25, 0.3) is 0 Å². The first-order chi connectivity index (χ1) is 13.0. The molecule has 0 radical (unpaired) electrons.